The molecule has 1 aromatic rings. The van der Waals surface area contributed by atoms with Gasteiger partial charge in [0.15, 0.2) is 0 Å². The molecule has 5 heteroatoms. The summed E-state index contributed by atoms with van der Waals surface area (Å²) in [5, 5.41) is 11.0. The summed E-state index contributed by atoms with van der Waals surface area (Å²) in [6.45, 7) is 3.33. The van der Waals surface area contributed by atoms with Crippen molar-refractivity contribution in [2.24, 2.45) is 0 Å². The molecule has 0 aromatic heterocycles. The van der Waals surface area contributed by atoms with Crippen LogP contribution in [0.5, 0.6) is 0 Å². The zero-order valence-corrected chi connectivity index (χ0v) is 12.0. The molecular formula is C12H13BrO3S. The van der Waals surface area contributed by atoms with Gasteiger partial charge in [-0.1, -0.05) is 15.9 Å². The van der Waals surface area contributed by atoms with Crippen molar-refractivity contribution in [2.75, 3.05) is 0 Å². The Kier molecular flexibility index (Phi) is 2.96. The van der Waals surface area contributed by atoms with Gasteiger partial charge in [0.05, 0.1) is 10.5 Å². The molecule has 0 unspecified atom stereocenters. The number of hydrogen-bond acceptors (Lipinski definition) is 3. The third kappa shape index (κ3) is 2.61. The summed E-state index contributed by atoms with van der Waals surface area (Å²) >= 11 is 3.33. The zero-order chi connectivity index (χ0) is 12.8. The van der Waals surface area contributed by atoms with Gasteiger partial charge in [0.2, 0.25) is 9.84 Å². The van der Waals surface area contributed by atoms with Crippen LogP contribution in [-0.4, -0.2) is 19.1 Å². The van der Waals surface area contributed by atoms with E-state index in [0.717, 1.165) is 4.47 Å². The molecule has 0 saturated heterocycles. The molecule has 0 aliphatic carbocycles. The van der Waals surface area contributed by atoms with Gasteiger partial charge in [0, 0.05) is 16.3 Å². The van der Waals surface area contributed by atoms with Crippen LogP contribution in [0, 0.1) is 0 Å². The highest BCUT2D eigenvalue weighted by Crippen LogP contribution is 2.38. The van der Waals surface area contributed by atoms with Crippen molar-refractivity contribution in [3.8, 4) is 0 Å². The van der Waals surface area contributed by atoms with Gasteiger partial charge in [-0.3, -0.25) is 0 Å². The van der Waals surface area contributed by atoms with Gasteiger partial charge in [-0.05, 0) is 43.2 Å². The molecule has 17 heavy (non-hydrogen) atoms. The smallest absolute Gasteiger partial charge is 0.200 e. The molecule has 1 aliphatic rings. The fourth-order valence-electron chi connectivity index (χ4n) is 1.92. The van der Waals surface area contributed by atoms with E-state index in [1.807, 2.05) is 0 Å². The highest BCUT2D eigenvalue weighted by atomic mass is 79.9. The first-order valence-corrected chi connectivity index (χ1v) is 7.51. The summed E-state index contributed by atoms with van der Waals surface area (Å²) in [7, 11) is -3.34. The monoisotopic (exact) mass is 316 g/mol. The van der Waals surface area contributed by atoms with Crippen molar-refractivity contribution in [1.82, 2.24) is 0 Å². The Morgan fingerprint density at radius 3 is 2.59 bits per heavy atom. The molecule has 0 saturated carbocycles. The van der Waals surface area contributed by atoms with Crippen LogP contribution in [0.25, 0.3) is 5.57 Å². The second-order valence-electron chi connectivity index (χ2n) is 4.82. The van der Waals surface area contributed by atoms with E-state index in [9.17, 15) is 13.5 Å². The molecule has 2 rings (SSSR count). The van der Waals surface area contributed by atoms with Crippen molar-refractivity contribution in [1.29, 1.82) is 0 Å². The van der Waals surface area contributed by atoms with Gasteiger partial charge in [-0.2, -0.15) is 0 Å². The van der Waals surface area contributed by atoms with Crippen molar-refractivity contribution in [2.45, 2.75) is 30.8 Å². The maximum Gasteiger partial charge on any atom is 0.200 e. The molecule has 0 spiro atoms. The Morgan fingerprint density at radius 1 is 1.35 bits per heavy atom. The minimum absolute atomic E-state index is 0.315. The average Bonchev–Trinajstić information content (AvgIpc) is 2.35. The number of aliphatic hydroxyl groups is 1. The SMILES string of the molecule is CC(C)(O)CC1=CS(=O)(=O)c2ccc(Br)cc21. The molecule has 1 heterocycles. The molecule has 1 aromatic carbocycles. The lowest BCUT2D eigenvalue weighted by Gasteiger charge is -2.17. The summed E-state index contributed by atoms with van der Waals surface area (Å²) in [6, 6.07) is 5.07. The first kappa shape index (κ1) is 12.8. The van der Waals surface area contributed by atoms with Crippen molar-refractivity contribution in [3.63, 3.8) is 0 Å². The Balaban J connectivity index is 2.56. The van der Waals surface area contributed by atoms with Gasteiger partial charge < -0.3 is 5.11 Å². The summed E-state index contributed by atoms with van der Waals surface area (Å²) in [5.41, 5.74) is 0.418. The van der Waals surface area contributed by atoms with Gasteiger partial charge in [0.25, 0.3) is 0 Å². The number of rotatable bonds is 2. The quantitative estimate of drug-likeness (QED) is 0.912. The molecule has 1 N–H and O–H groups in total. The third-order valence-electron chi connectivity index (χ3n) is 2.51. The van der Waals surface area contributed by atoms with Gasteiger partial charge in [-0.15, -0.1) is 0 Å². The Hall–Kier alpha value is -0.650. The second-order valence-corrected chi connectivity index (χ2v) is 7.50. The normalized spacial score (nSPS) is 17.8. The Bertz CT molecular complexity index is 595. The molecule has 0 amide bonds. The lowest BCUT2D eigenvalue weighted by molar-refractivity contribution is 0.0864. The first-order chi connectivity index (χ1) is 7.69. The van der Waals surface area contributed by atoms with E-state index in [1.165, 1.54) is 5.41 Å². The summed E-state index contributed by atoms with van der Waals surface area (Å²) < 4.78 is 24.6. The lowest BCUT2D eigenvalue weighted by atomic mass is 9.95. The standard InChI is InChI=1S/C12H13BrO3S/c1-12(2,14)6-8-7-17(15,16)11-4-3-9(13)5-10(8)11/h3-5,7,14H,6H2,1-2H3. The van der Waals surface area contributed by atoms with Crippen LogP contribution in [0.15, 0.2) is 33.0 Å². The Morgan fingerprint density at radius 2 is 2.00 bits per heavy atom. The molecule has 1 aliphatic heterocycles. The zero-order valence-electron chi connectivity index (χ0n) is 9.57. The van der Waals surface area contributed by atoms with E-state index in [0.29, 0.717) is 22.5 Å². The summed E-state index contributed by atoms with van der Waals surface area (Å²) in [4.78, 5) is 0.319. The average molecular weight is 317 g/mol. The number of benzene rings is 1. The van der Waals surface area contributed by atoms with Crippen LogP contribution in [0.3, 0.4) is 0 Å². The fraction of sp³-hybridized carbons (Fsp3) is 0.333. The van der Waals surface area contributed by atoms with E-state index in [2.05, 4.69) is 15.9 Å². The largest absolute Gasteiger partial charge is 0.390 e. The first-order valence-electron chi connectivity index (χ1n) is 5.17. The second kappa shape index (κ2) is 3.93. The maximum atomic E-state index is 11.9. The van der Waals surface area contributed by atoms with Crippen molar-refractivity contribution >= 4 is 31.3 Å². The summed E-state index contributed by atoms with van der Waals surface area (Å²) in [5.74, 6) is 0. The highest BCUT2D eigenvalue weighted by Gasteiger charge is 2.29. The van der Waals surface area contributed by atoms with E-state index >= 15 is 0 Å². The third-order valence-corrected chi connectivity index (χ3v) is 4.57. The number of halogens is 1. The van der Waals surface area contributed by atoms with Gasteiger partial charge in [-0.25, -0.2) is 8.42 Å². The minimum Gasteiger partial charge on any atom is -0.390 e. The molecule has 0 atom stereocenters. The molecule has 3 nitrogen and oxygen atoms in total. The lowest BCUT2D eigenvalue weighted by Crippen LogP contribution is -2.18. The fourth-order valence-corrected chi connectivity index (χ4v) is 3.75. The topological polar surface area (TPSA) is 54.4 Å². The predicted molar refractivity (Wildman–Crippen MR) is 70.2 cm³/mol. The Labute approximate surface area is 109 Å². The highest BCUT2D eigenvalue weighted by molar-refractivity contribution is 9.10. The van der Waals surface area contributed by atoms with Crippen molar-refractivity contribution < 1.29 is 13.5 Å². The predicted octanol–water partition coefficient (Wildman–Crippen LogP) is 2.74. The summed E-state index contributed by atoms with van der Waals surface area (Å²) in [6.07, 6.45) is 0.315. The van der Waals surface area contributed by atoms with Crippen LogP contribution in [-0.2, 0) is 9.84 Å². The number of hydrogen-bond donors (Lipinski definition) is 1. The molecule has 92 valence electrons. The maximum absolute atomic E-state index is 11.9. The van der Waals surface area contributed by atoms with Crippen LogP contribution in [0.2, 0.25) is 0 Å². The van der Waals surface area contributed by atoms with E-state index in [4.69, 9.17) is 0 Å². The van der Waals surface area contributed by atoms with Gasteiger partial charge in [0.1, 0.15) is 0 Å². The van der Waals surface area contributed by atoms with E-state index in [1.54, 1.807) is 32.0 Å². The molecule has 0 fully saturated rings. The molecular weight excluding hydrogens is 304 g/mol. The molecule has 0 radical (unpaired) electrons. The van der Waals surface area contributed by atoms with Crippen LogP contribution >= 0.6 is 15.9 Å². The molecule has 0 bridgehead atoms. The van der Waals surface area contributed by atoms with Crippen LogP contribution < -0.4 is 0 Å². The van der Waals surface area contributed by atoms with E-state index in [-0.39, 0.29) is 0 Å². The minimum atomic E-state index is -3.34. The van der Waals surface area contributed by atoms with E-state index < -0.39 is 15.4 Å². The van der Waals surface area contributed by atoms with Crippen molar-refractivity contribution in [3.05, 3.63) is 33.6 Å². The number of fused-ring (bicyclic) bond motifs is 1. The number of sulfone groups is 1. The van der Waals surface area contributed by atoms with Crippen LogP contribution in [0.4, 0.5) is 0 Å². The van der Waals surface area contributed by atoms with Crippen LogP contribution in [0.1, 0.15) is 25.8 Å². The van der Waals surface area contributed by atoms with Gasteiger partial charge >= 0.3 is 0 Å².